The van der Waals surface area contributed by atoms with Gasteiger partial charge in [0, 0.05) is 0 Å². The summed E-state index contributed by atoms with van der Waals surface area (Å²) in [7, 11) is 1.35. The quantitative estimate of drug-likeness (QED) is 0.266. The van der Waals surface area contributed by atoms with Gasteiger partial charge in [-0.3, -0.25) is 0 Å². The molecule has 0 aromatic heterocycles. The SMILES string of the molecule is CC1=Cc2c(C(C)C)cc(C(C)C)cc2[CH]1[Zr]([CH3])([SiH3])[CH]1C(C)=Cc2c(C(C)C)cc(C(C)C)cc21.CCC.Cl.Cl. The van der Waals surface area contributed by atoms with Gasteiger partial charge in [0.2, 0.25) is 0 Å². The van der Waals surface area contributed by atoms with Crippen molar-refractivity contribution in [2.24, 2.45) is 0 Å². The average Bonchev–Trinajstić information content (AvgIpc) is 3.33. The summed E-state index contributed by atoms with van der Waals surface area (Å²) in [5.74, 6) is 2.28. The van der Waals surface area contributed by atoms with E-state index in [2.05, 4.69) is 124 Å². The topological polar surface area (TPSA) is 0 Å². The zero-order valence-electron chi connectivity index (χ0n) is 28.0. The van der Waals surface area contributed by atoms with E-state index in [1.807, 2.05) is 0 Å². The van der Waals surface area contributed by atoms with Gasteiger partial charge in [0.15, 0.2) is 0 Å². The number of rotatable bonds is 6. The Morgan fingerprint density at radius 3 is 1.18 bits per heavy atom. The minimum absolute atomic E-state index is 0. The molecule has 2 aromatic carbocycles. The molecule has 0 aliphatic heterocycles. The van der Waals surface area contributed by atoms with Crippen LogP contribution in [0.3, 0.4) is 0 Å². The van der Waals surface area contributed by atoms with Gasteiger partial charge in [0.05, 0.1) is 0 Å². The molecular weight excluding hydrogens is 623 g/mol. The first kappa shape index (κ1) is 37.6. The summed E-state index contributed by atoms with van der Waals surface area (Å²) in [5.41, 5.74) is 16.0. The van der Waals surface area contributed by atoms with Crippen molar-refractivity contribution in [3.05, 3.63) is 79.9 Å². The van der Waals surface area contributed by atoms with Gasteiger partial charge in [0.25, 0.3) is 0 Å². The number of halogens is 2. The van der Waals surface area contributed by atoms with Crippen molar-refractivity contribution in [1.29, 1.82) is 0 Å². The summed E-state index contributed by atoms with van der Waals surface area (Å²) >= 11 is -2.67. The molecule has 0 amide bonds. The minimum atomic E-state index is -2.67. The van der Waals surface area contributed by atoms with E-state index in [1.165, 1.54) is 24.9 Å². The van der Waals surface area contributed by atoms with E-state index in [-0.39, 0.29) is 24.8 Å². The van der Waals surface area contributed by atoms with Crippen molar-refractivity contribution in [1.82, 2.24) is 0 Å². The van der Waals surface area contributed by atoms with Crippen molar-refractivity contribution in [2.45, 2.75) is 125 Å². The van der Waals surface area contributed by atoms with Gasteiger partial charge in [-0.25, -0.2) is 0 Å². The summed E-state index contributed by atoms with van der Waals surface area (Å²) in [5, 5.41) is 0. The van der Waals surface area contributed by atoms with Gasteiger partial charge in [-0.1, -0.05) is 20.3 Å². The van der Waals surface area contributed by atoms with Crippen LogP contribution in [0.1, 0.15) is 165 Å². The van der Waals surface area contributed by atoms with Crippen LogP contribution in [-0.2, 0) is 19.4 Å². The fourth-order valence-corrected chi connectivity index (χ4v) is 28.3. The monoisotopic (exact) mass is 678 g/mol. The summed E-state index contributed by atoms with van der Waals surface area (Å²) in [6.45, 7) is 28.1. The Labute approximate surface area is 266 Å². The van der Waals surface area contributed by atoms with Crippen LogP contribution in [-0.4, -0.2) is 7.37 Å². The van der Waals surface area contributed by atoms with Gasteiger partial charge in [-0.15, -0.1) is 24.8 Å². The van der Waals surface area contributed by atoms with E-state index in [9.17, 15) is 0 Å². The van der Waals surface area contributed by atoms with Crippen molar-refractivity contribution in [2.75, 3.05) is 0 Å². The summed E-state index contributed by atoms with van der Waals surface area (Å²) in [4.78, 5) is 0. The minimum Gasteiger partial charge on any atom is -0.147 e. The Hall–Kier alpha value is -0.400. The van der Waals surface area contributed by atoms with Gasteiger partial charge in [0.1, 0.15) is 0 Å². The van der Waals surface area contributed by atoms with E-state index in [4.69, 9.17) is 0 Å². The molecule has 0 radical (unpaired) electrons. The average molecular weight is 681 g/mol. The largest absolute Gasteiger partial charge is 0.147 e. The smallest absolute Gasteiger partial charge is 0.0590 e. The second kappa shape index (κ2) is 14.9. The molecule has 0 saturated heterocycles. The number of hydrogen-bond acceptors (Lipinski definition) is 0. The summed E-state index contributed by atoms with van der Waals surface area (Å²) < 4.78 is 4.21. The van der Waals surface area contributed by atoms with Gasteiger partial charge >= 0.3 is 224 Å². The van der Waals surface area contributed by atoms with Crippen molar-refractivity contribution in [3.8, 4) is 0 Å². The van der Waals surface area contributed by atoms with E-state index in [1.54, 1.807) is 44.5 Å². The predicted octanol–water partition coefficient (Wildman–Crippen LogP) is 11.5. The van der Waals surface area contributed by atoms with Crippen LogP contribution in [0.5, 0.6) is 0 Å². The molecule has 4 rings (SSSR count). The third kappa shape index (κ3) is 7.21. The van der Waals surface area contributed by atoms with E-state index < -0.39 is 19.4 Å². The molecule has 0 bridgehead atoms. The van der Waals surface area contributed by atoms with E-state index in [0.717, 1.165) is 0 Å². The molecule has 2 aliphatic rings. The molecule has 0 saturated carbocycles. The Morgan fingerprint density at radius 1 is 0.625 bits per heavy atom. The van der Waals surface area contributed by atoms with Crippen LogP contribution >= 0.6 is 24.8 Å². The molecule has 2 aliphatic carbocycles. The molecule has 2 atom stereocenters. The van der Waals surface area contributed by atoms with Crippen molar-refractivity contribution < 1.29 is 19.4 Å². The molecule has 0 spiro atoms. The molecular formula is C36H58Cl2SiZr. The number of allylic oxidation sites excluding steroid dienone is 2. The van der Waals surface area contributed by atoms with Gasteiger partial charge in [-0.05, 0) is 0 Å². The molecule has 0 fully saturated rings. The normalized spacial score (nSPS) is 18.9. The van der Waals surface area contributed by atoms with E-state index >= 15 is 0 Å². The zero-order chi connectivity index (χ0) is 28.7. The third-order valence-corrected chi connectivity index (χ3v) is 26.8. The molecule has 224 valence electrons. The Bertz CT molecular complexity index is 1140. The molecule has 0 heterocycles. The fourth-order valence-electron chi connectivity index (χ4n) is 7.13. The number of hydrogen-bond donors (Lipinski definition) is 0. The first-order chi connectivity index (χ1) is 17.7. The molecule has 4 heteroatoms. The Balaban J connectivity index is 0.00000153. The second-order valence-electron chi connectivity index (χ2n) is 14.0. The Morgan fingerprint density at radius 2 is 0.925 bits per heavy atom. The maximum Gasteiger partial charge on any atom is -0.0590 e. The summed E-state index contributed by atoms with van der Waals surface area (Å²) in [6, 6.07) is 10.3. The van der Waals surface area contributed by atoms with Crippen LogP contribution in [0.25, 0.3) is 12.2 Å². The first-order valence-corrected chi connectivity index (χ1v) is 29.1. The van der Waals surface area contributed by atoms with Crippen molar-refractivity contribution in [3.63, 3.8) is 0 Å². The molecule has 0 N–H and O–H groups in total. The summed E-state index contributed by atoms with van der Waals surface area (Å²) in [6.07, 6.45) is 6.43. The van der Waals surface area contributed by atoms with Gasteiger partial charge < -0.3 is 0 Å². The third-order valence-electron chi connectivity index (χ3n) is 8.87. The predicted molar refractivity (Wildman–Crippen MR) is 188 cm³/mol. The second-order valence-corrected chi connectivity index (χ2v) is 38.6. The molecule has 2 aromatic rings. The Kier molecular flexibility index (Phi) is 14.0. The van der Waals surface area contributed by atoms with Crippen LogP contribution in [0, 0.1) is 0 Å². The van der Waals surface area contributed by atoms with Crippen LogP contribution in [0.4, 0.5) is 0 Å². The van der Waals surface area contributed by atoms with Crippen LogP contribution < -0.4 is 0 Å². The number of benzene rings is 2. The maximum absolute atomic E-state index is 2.81. The molecule has 2 unspecified atom stereocenters. The fraction of sp³-hybridized carbons (Fsp3) is 0.556. The molecule has 40 heavy (non-hydrogen) atoms. The van der Waals surface area contributed by atoms with Crippen molar-refractivity contribution >= 4 is 44.3 Å². The standard InChI is InChI=1S/2C16H21.C3H8.CH3.2ClH.H3Si.Zr/c2*1-10(2)13-8-14-6-12(5)7-16(14)15(9-13)11(3)4;1-3-2;;;;;/h2*6-11H,1-5H3;3H2,1-2H3;1H3;2*1H;1H3;. The first-order valence-electron chi connectivity index (χ1n) is 15.4. The van der Waals surface area contributed by atoms with Crippen LogP contribution in [0.2, 0.25) is 4.63 Å². The van der Waals surface area contributed by atoms with Gasteiger partial charge in [-0.2, -0.15) is 0 Å². The van der Waals surface area contributed by atoms with Crippen LogP contribution in [0.15, 0.2) is 35.4 Å². The zero-order valence-corrected chi connectivity index (χ0v) is 34.0. The maximum atomic E-state index is 2.81. The van der Waals surface area contributed by atoms with E-state index in [0.29, 0.717) is 30.9 Å². The number of fused-ring (bicyclic) bond motifs is 2. The molecule has 0 nitrogen and oxygen atoms in total.